The van der Waals surface area contributed by atoms with Crippen molar-refractivity contribution in [3.8, 4) is 0 Å². The van der Waals surface area contributed by atoms with Gasteiger partial charge in [-0.15, -0.1) is 0 Å². The van der Waals surface area contributed by atoms with E-state index in [1.807, 2.05) is 0 Å². The molecule has 8 heterocycles. The molecule has 0 radical (unpaired) electrons. The lowest BCUT2D eigenvalue weighted by atomic mass is 9.87. The van der Waals surface area contributed by atoms with Gasteiger partial charge in [0.05, 0.1) is 88.7 Å². The van der Waals surface area contributed by atoms with Crippen LogP contribution in [0.3, 0.4) is 0 Å². The van der Waals surface area contributed by atoms with Crippen LogP contribution in [0.2, 0.25) is 0 Å². The molecule has 8 fully saturated rings. The molecule has 8 saturated heterocycles. The zero-order valence-electron chi connectivity index (χ0n) is 58.6. The number of aliphatic hydroxyl groups excluding tert-OH is 25. The highest BCUT2D eigenvalue weighted by molar-refractivity contribution is 5.77. The predicted octanol–water partition coefficient (Wildman–Crippen LogP) is -20.1. The lowest BCUT2D eigenvalue weighted by molar-refractivity contribution is -0.416. The minimum Gasteiger partial charge on any atom is -0.477 e. The summed E-state index contributed by atoms with van der Waals surface area (Å²) in [5, 5.41) is 303. The van der Waals surface area contributed by atoms with E-state index in [0.717, 1.165) is 20.8 Å². The van der Waals surface area contributed by atoms with Crippen molar-refractivity contribution in [2.24, 2.45) is 11.5 Å². The molecule has 8 aliphatic heterocycles. The first kappa shape index (κ1) is 91.7. The number of rotatable bonds is 31. The van der Waals surface area contributed by atoms with E-state index < -0.39 is 352 Å². The summed E-state index contributed by atoms with van der Waals surface area (Å²) >= 11 is 0. The van der Waals surface area contributed by atoms with Crippen molar-refractivity contribution < 1.29 is 228 Å². The smallest absolute Gasteiger partial charge is 0.364 e. The van der Waals surface area contributed by atoms with Gasteiger partial charge in [0, 0.05) is 26.7 Å². The molecular weight excluding hydrogens is 1510 g/mol. The average Bonchev–Trinajstić information content (AvgIpc) is 0.756. The van der Waals surface area contributed by atoms with E-state index in [4.69, 9.17) is 82.5 Å². The third-order valence-corrected chi connectivity index (χ3v) is 20.1. The minimum absolute atomic E-state index is 0.756. The molecular formula is C60H102N4O46. The summed E-state index contributed by atoms with van der Waals surface area (Å²) in [5.74, 6) is -12.3. The van der Waals surface area contributed by atoms with Crippen LogP contribution in [0.25, 0.3) is 0 Å². The summed E-state index contributed by atoms with van der Waals surface area (Å²) in [6.07, 6.45) is -89.0. The number of nitrogens with one attached hydrogen (secondary N) is 2. The molecule has 0 bridgehead atoms. The number of carboxylic acids is 2. The fourth-order valence-electron chi connectivity index (χ4n) is 13.9. The van der Waals surface area contributed by atoms with Crippen molar-refractivity contribution in [3.63, 3.8) is 0 Å². The molecule has 110 heavy (non-hydrogen) atoms. The molecule has 8 rings (SSSR count). The Kier molecular flexibility index (Phi) is 32.1. The monoisotopic (exact) mass is 1610 g/mol. The van der Waals surface area contributed by atoms with Crippen molar-refractivity contribution in [1.82, 2.24) is 10.6 Å². The summed E-state index contributed by atoms with van der Waals surface area (Å²) < 4.78 is 87.0. The summed E-state index contributed by atoms with van der Waals surface area (Å²) in [6.45, 7) is -5.58. The van der Waals surface area contributed by atoms with E-state index in [-0.39, 0.29) is 0 Å². The number of carbonyl (C=O) groups excluding carboxylic acids is 2. The Balaban J connectivity index is 1.15. The van der Waals surface area contributed by atoms with Crippen LogP contribution in [0.15, 0.2) is 0 Å². The van der Waals surface area contributed by atoms with E-state index in [1.165, 1.54) is 0 Å². The van der Waals surface area contributed by atoms with Crippen molar-refractivity contribution in [2.75, 3.05) is 46.2 Å². The van der Waals surface area contributed by atoms with E-state index in [2.05, 4.69) is 10.6 Å². The van der Waals surface area contributed by atoms with Gasteiger partial charge in [0.15, 0.2) is 37.7 Å². The second-order valence-electron chi connectivity index (χ2n) is 28.0. The highest BCUT2D eigenvalue weighted by atomic mass is 16.8. The molecule has 50 nitrogen and oxygen atoms in total. The number of carbonyl (C=O) groups is 4. The van der Waals surface area contributed by atoms with Crippen LogP contribution in [0.5, 0.6) is 0 Å². The number of amides is 2. The van der Waals surface area contributed by atoms with Crippen molar-refractivity contribution in [2.45, 2.75) is 302 Å². The van der Waals surface area contributed by atoms with Crippen LogP contribution in [0.1, 0.15) is 33.6 Å². The molecule has 0 saturated carbocycles. The van der Waals surface area contributed by atoms with E-state index in [9.17, 15) is 157 Å². The van der Waals surface area contributed by atoms with Crippen LogP contribution >= 0.6 is 0 Å². The van der Waals surface area contributed by atoms with Gasteiger partial charge in [-0.3, -0.25) is 9.59 Å². The summed E-state index contributed by atoms with van der Waals surface area (Å²) in [6, 6.07) is -6.35. The Morgan fingerprint density at radius 1 is 0.418 bits per heavy atom. The highest BCUT2D eigenvalue weighted by Gasteiger charge is 2.63. The second kappa shape index (κ2) is 38.5. The van der Waals surface area contributed by atoms with Gasteiger partial charge >= 0.3 is 11.9 Å². The van der Waals surface area contributed by atoms with Gasteiger partial charge in [0.1, 0.15) is 177 Å². The fourth-order valence-corrected chi connectivity index (χ4v) is 13.9. The number of aliphatic hydroxyl groups is 25. The molecule has 0 aromatic carbocycles. The van der Waals surface area contributed by atoms with Crippen LogP contribution < -0.4 is 22.1 Å². The molecule has 0 aromatic heterocycles. The van der Waals surface area contributed by atoms with Crippen LogP contribution in [-0.2, 0) is 90.2 Å². The van der Waals surface area contributed by atoms with Crippen LogP contribution in [0.4, 0.5) is 0 Å². The Hall–Kier alpha value is -3.80. The summed E-state index contributed by atoms with van der Waals surface area (Å²) in [7, 11) is 0. The molecule has 50 heteroatoms. The number of ether oxygens (including phenoxy) is 15. The fraction of sp³-hybridized carbons (Fsp3) is 0.933. The topological polar surface area (TPSA) is 829 Å². The molecule has 0 aromatic rings. The SMILES string of the molecule is CC(=O)N[C@H]([C@@H]1O[C@@](OC[C@H]2O[C@@H](O[C@H]3[C@H](O[C@H]4O[C@H]([C@@H](O)CO)[C@@H](O)[C@H](O)[C@@H]4O[C@H]4O[C@H]([C@@H](O)CO)[C@@H](O)[C@H](O)[C@@H]4O)[C@H](O)[C@@H](O[C@H]4[C@@H]([C@H](O)CO)OC(OC[C@H]5O[C@@H](OC[C@H]6O[C@H](O)[C@H](N)[C@@H](O)[C@@H]6O)[C@H](N)[C@@H](O)[C@@H]5O)(C(=O)O)C[C@H]4O)O[C@@H]3[C@H](O)CO)[C@H](O)[C@@H](O)[C@@H]2O)(C(=O)O)C[C@H](O)[C@@H]1NC(C)=O)[C@H](C)O. The third kappa shape index (κ3) is 19.7. The molecule has 0 spiro atoms. The second-order valence-corrected chi connectivity index (χ2v) is 28.0. The minimum atomic E-state index is -3.27. The first-order valence-corrected chi connectivity index (χ1v) is 34.6. The van der Waals surface area contributed by atoms with E-state index >= 15 is 0 Å². The molecule has 33 N–H and O–H groups in total. The van der Waals surface area contributed by atoms with Gasteiger partial charge < -0.3 is 231 Å². The highest BCUT2D eigenvalue weighted by Crippen LogP contribution is 2.43. The Labute approximate surface area is 621 Å². The summed E-state index contributed by atoms with van der Waals surface area (Å²) in [4.78, 5) is 51.5. The van der Waals surface area contributed by atoms with Gasteiger partial charge in [-0.1, -0.05) is 0 Å². The maximum absolute atomic E-state index is 13.4. The molecule has 1 unspecified atom stereocenters. The number of hydrogen-bond acceptors (Lipinski definition) is 46. The Morgan fingerprint density at radius 2 is 0.827 bits per heavy atom. The first-order chi connectivity index (χ1) is 51.5. The number of hydrogen-bond donors (Lipinski definition) is 31. The Bertz CT molecular complexity index is 2930. The quantitative estimate of drug-likeness (QED) is 0.0306. The summed E-state index contributed by atoms with van der Waals surface area (Å²) in [5.41, 5.74) is 11.7. The van der Waals surface area contributed by atoms with Gasteiger partial charge in [0.2, 0.25) is 11.8 Å². The molecule has 0 aliphatic carbocycles. The largest absolute Gasteiger partial charge is 0.477 e. The van der Waals surface area contributed by atoms with Crippen molar-refractivity contribution >= 4 is 23.8 Å². The molecule has 44 atom stereocenters. The lowest BCUT2D eigenvalue weighted by Crippen LogP contribution is -2.71. The van der Waals surface area contributed by atoms with Crippen LogP contribution in [0, 0.1) is 0 Å². The number of aliphatic carboxylic acids is 2. The molecule has 8 aliphatic rings. The van der Waals surface area contributed by atoms with Gasteiger partial charge in [-0.2, -0.15) is 0 Å². The average molecular weight is 1620 g/mol. The lowest BCUT2D eigenvalue weighted by Gasteiger charge is -2.52. The van der Waals surface area contributed by atoms with Gasteiger partial charge in [-0.25, -0.2) is 9.59 Å². The molecule has 638 valence electrons. The number of carboxylic acid groups (broad SMARTS) is 2. The third-order valence-electron chi connectivity index (χ3n) is 20.1. The van der Waals surface area contributed by atoms with E-state index in [1.54, 1.807) is 0 Å². The first-order valence-electron chi connectivity index (χ1n) is 34.6. The van der Waals surface area contributed by atoms with Crippen LogP contribution in [-0.4, -0.2) is 477 Å². The van der Waals surface area contributed by atoms with Crippen molar-refractivity contribution in [1.29, 1.82) is 0 Å². The van der Waals surface area contributed by atoms with Crippen molar-refractivity contribution in [3.05, 3.63) is 0 Å². The standard InChI is InChI=1S/C60H102N4O46/c1-13(69)27(63-14(2)70)47-28(64-15(3)71)16(72)4-59(110-47,57(92)93)97-12-24-31(80)34(83)39(88)53(101-24)108-50-45(20(76)8-67)105-55(41(90)48(50)106-56-49(38(87)37(86)43(103-56)19(75)7-66)107-54-40(89)35(84)36(85)42(102-54)18(74)6-65)104-44-17(73)5-60(58(94)95,109-46(44)21(77)9-68)98-11-23-30(79)33(82)26(62)52(100-23)96-10-22-29(78)32(81)25(61)51(91)99-22/h13,16-56,65-69,72-91H,4-12,61-62H2,1-3H3,(H,63,70)(H,64,71)(H,92,93)(H,94,95)/t13-,16-,17+,18-,19-,20+,21+,22+,23+,24+,25+,26+,27-,28-,29+,30+,31+,32+,33+,34-,35-,36-,37-,38-,39+,40-,41-,42+,43+,44+,45+,46+,47-,48+,49-,50+,51-,52+,53-,54+,55-,56+,59+,60?/m0/s1. The normalized spacial score (nSPS) is 47.2. The maximum Gasteiger partial charge on any atom is 0.364 e. The zero-order valence-corrected chi connectivity index (χ0v) is 58.6. The molecule has 2 amide bonds. The zero-order chi connectivity index (χ0) is 81.9. The number of nitrogens with two attached hydrogens (primary N) is 2. The Morgan fingerprint density at radius 3 is 1.35 bits per heavy atom. The maximum atomic E-state index is 13.4. The van der Waals surface area contributed by atoms with Gasteiger partial charge in [0.25, 0.3) is 11.6 Å². The van der Waals surface area contributed by atoms with E-state index in [0.29, 0.717) is 0 Å². The predicted molar refractivity (Wildman–Crippen MR) is 337 cm³/mol. The van der Waals surface area contributed by atoms with Gasteiger partial charge in [-0.05, 0) is 6.92 Å².